The molecule has 18 heavy (non-hydrogen) atoms. The second kappa shape index (κ2) is 5.46. The van der Waals surface area contributed by atoms with Crippen molar-refractivity contribution < 1.29 is 19.1 Å². The van der Waals surface area contributed by atoms with Crippen LogP contribution in [0.1, 0.15) is 12.6 Å². The predicted molar refractivity (Wildman–Crippen MR) is 63.8 cm³/mol. The van der Waals surface area contributed by atoms with Crippen LogP contribution in [-0.4, -0.2) is 22.2 Å². The molecule has 2 rings (SSSR count). The molecule has 0 amide bonds. The lowest BCUT2D eigenvalue weighted by Crippen LogP contribution is -2.19. The summed E-state index contributed by atoms with van der Waals surface area (Å²) in [5.41, 5.74) is 1.44. The third-order valence-electron chi connectivity index (χ3n) is 2.40. The highest BCUT2D eigenvalue weighted by molar-refractivity contribution is 5.71. The molecule has 1 atom stereocenters. The Labute approximate surface area is 104 Å². The molecule has 0 radical (unpaired) electrons. The molecular weight excluding hydrogens is 234 g/mol. The number of oxazole rings is 1. The van der Waals surface area contributed by atoms with Crippen LogP contribution in [0.2, 0.25) is 0 Å². The third-order valence-corrected chi connectivity index (χ3v) is 2.40. The molecule has 0 aliphatic heterocycles. The maximum atomic E-state index is 10.6. The van der Waals surface area contributed by atoms with E-state index in [1.807, 2.05) is 30.3 Å². The number of carbonyl (C=O) groups is 1. The zero-order chi connectivity index (χ0) is 13.0. The Hall–Kier alpha value is -2.14. The molecule has 1 aromatic carbocycles. The number of carboxylic acids is 1. The van der Waals surface area contributed by atoms with Gasteiger partial charge in [-0.15, -0.1) is 0 Å². The van der Waals surface area contributed by atoms with Crippen LogP contribution >= 0.6 is 0 Å². The van der Waals surface area contributed by atoms with Crippen molar-refractivity contribution in [1.29, 1.82) is 0 Å². The van der Waals surface area contributed by atoms with Crippen LogP contribution in [0.5, 0.6) is 0 Å². The van der Waals surface area contributed by atoms with Gasteiger partial charge in [0.05, 0.1) is 6.61 Å². The lowest BCUT2D eigenvalue weighted by Gasteiger charge is -2.05. The van der Waals surface area contributed by atoms with Gasteiger partial charge in [0.2, 0.25) is 5.89 Å². The molecule has 0 saturated carbocycles. The second-order valence-corrected chi connectivity index (χ2v) is 3.80. The van der Waals surface area contributed by atoms with Gasteiger partial charge in [-0.2, -0.15) is 0 Å². The van der Waals surface area contributed by atoms with E-state index in [9.17, 15) is 4.79 Å². The van der Waals surface area contributed by atoms with Gasteiger partial charge in [0, 0.05) is 5.56 Å². The van der Waals surface area contributed by atoms with Gasteiger partial charge in [0.15, 0.2) is 6.10 Å². The average Bonchev–Trinajstić information content (AvgIpc) is 2.85. The number of aliphatic carboxylic acids is 1. The normalized spacial score (nSPS) is 12.3. The van der Waals surface area contributed by atoms with E-state index in [0.29, 0.717) is 11.6 Å². The summed E-state index contributed by atoms with van der Waals surface area (Å²) in [6.45, 7) is 1.59. The molecule has 5 heteroatoms. The minimum Gasteiger partial charge on any atom is -0.479 e. The van der Waals surface area contributed by atoms with E-state index in [1.54, 1.807) is 0 Å². The number of hydrogen-bond acceptors (Lipinski definition) is 4. The average molecular weight is 247 g/mol. The Morgan fingerprint density at radius 3 is 2.83 bits per heavy atom. The Morgan fingerprint density at radius 2 is 2.17 bits per heavy atom. The molecule has 0 unspecified atom stereocenters. The molecule has 94 valence electrons. The van der Waals surface area contributed by atoms with E-state index in [4.69, 9.17) is 14.3 Å². The van der Waals surface area contributed by atoms with E-state index in [0.717, 1.165) is 5.56 Å². The van der Waals surface area contributed by atoms with Gasteiger partial charge in [0.25, 0.3) is 0 Å². The van der Waals surface area contributed by atoms with E-state index in [1.165, 1.54) is 13.2 Å². The summed E-state index contributed by atoms with van der Waals surface area (Å²) in [6.07, 6.45) is 0.610. The van der Waals surface area contributed by atoms with Crippen molar-refractivity contribution in [3.63, 3.8) is 0 Å². The predicted octanol–water partition coefficient (Wildman–Crippen LogP) is 2.33. The van der Waals surface area contributed by atoms with Crippen LogP contribution in [0, 0.1) is 0 Å². The van der Waals surface area contributed by atoms with Gasteiger partial charge >= 0.3 is 5.97 Å². The minimum absolute atomic E-state index is 0.115. The molecule has 1 heterocycles. The maximum Gasteiger partial charge on any atom is 0.332 e. The number of ether oxygens (including phenoxy) is 1. The first-order chi connectivity index (χ1) is 8.66. The summed E-state index contributed by atoms with van der Waals surface area (Å²) < 4.78 is 10.4. The number of carboxylic acid groups (broad SMARTS) is 1. The Morgan fingerprint density at radius 1 is 1.44 bits per heavy atom. The van der Waals surface area contributed by atoms with Crippen LogP contribution in [0.15, 0.2) is 41.0 Å². The first-order valence-corrected chi connectivity index (χ1v) is 5.51. The summed E-state index contributed by atoms with van der Waals surface area (Å²) >= 11 is 0. The van der Waals surface area contributed by atoms with Crippen molar-refractivity contribution in [2.75, 3.05) is 0 Å². The molecule has 0 fully saturated rings. The van der Waals surface area contributed by atoms with Crippen LogP contribution in [-0.2, 0) is 16.1 Å². The van der Waals surface area contributed by atoms with Crippen LogP contribution in [0.3, 0.4) is 0 Å². The molecule has 1 aromatic heterocycles. The van der Waals surface area contributed by atoms with Crippen molar-refractivity contribution in [3.05, 3.63) is 42.3 Å². The molecule has 1 N–H and O–H groups in total. The number of rotatable bonds is 5. The van der Waals surface area contributed by atoms with Gasteiger partial charge in [-0.05, 0) is 19.1 Å². The van der Waals surface area contributed by atoms with Crippen molar-refractivity contribution in [1.82, 2.24) is 4.98 Å². The second-order valence-electron chi connectivity index (χ2n) is 3.80. The van der Waals surface area contributed by atoms with E-state index in [-0.39, 0.29) is 6.61 Å². The van der Waals surface area contributed by atoms with E-state index < -0.39 is 12.1 Å². The maximum absolute atomic E-state index is 10.6. The highest BCUT2D eigenvalue weighted by Crippen LogP contribution is 2.18. The van der Waals surface area contributed by atoms with Crippen molar-refractivity contribution in [2.24, 2.45) is 0 Å². The lowest BCUT2D eigenvalue weighted by molar-refractivity contribution is -0.149. The minimum atomic E-state index is -0.998. The fourth-order valence-corrected chi connectivity index (χ4v) is 1.37. The van der Waals surface area contributed by atoms with Gasteiger partial charge in [-0.3, -0.25) is 0 Å². The van der Waals surface area contributed by atoms with E-state index >= 15 is 0 Å². The molecule has 0 aliphatic carbocycles. The largest absolute Gasteiger partial charge is 0.479 e. The number of benzene rings is 1. The van der Waals surface area contributed by atoms with Crippen LogP contribution < -0.4 is 0 Å². The summed E-state index contributed by atoms with van der Waals surface area (Å²) in [5.74, 6) is -0.501. The number of nitrogens with zero attached hydrogens (tertiary/aromatic N) is 1. The summed E-state index contributed by atoms with van der Waals surface area (Å²) in [7, 11) is 0. The summed E-state index contributed by atoms with van der Waals surface area (Å²) in [6, 6.07) is 9.46. The molecular formula is C13H13NO4. The van der Waals surface area contributed by atoms with Gasteiger partial charge in [0.1, 0.15) is 12.0 Å². The van der Waals surface area contributed by atoms with Crippen LogP contribution in [0.4, 0.5) is 0 Å². The molecule has 0 spiro atoms. The monoisotopic (exact) mass is 247 g/mol. The highest BCUT2D eigenvalue weighted by Gasteiger charge is 2.13. The molecule has 5 nitrogen and oxygen atoms in total. The molecule has 0 saturated heterocycles. The van der Waals surface area contributed by atoms with Crippen molar-refractivity contribution >= 4 is 5.97 Å². The lowest BCUT2D eigenvalue weighted by atomic mass is 10.2. The number of hydrogen-bond donors (Lipinski definition) is 1. The fourth-order valence-electron chi connectivity index (χ4n) is 1.37. The zero-order valence-electron chi connectivity index (χ0n) is 9.87. The fraction of sp³-hybridized carbons (Fsp3) is 0.231. The Balaban J connectivity index is 2.01. The summed E-state index contributed by atoms with van der Waals surface area (Å²) in [4.78, 5) is 14.8. The SMILES string of the molecule is C[C@H](OCc1coc(-c2ccccc2)n1)C(=O)O. The van der Waals surface area contributed by atoms with Gasteiger partial charge in [-0.1, -0.05) is 18.2 Å². The zero-order valence-corrected chi connectivity index (χ0v) is 9.87. The molecule has 0 aliphatic rings. The molecule has 0 bridgehead atoms. The van der Waals surface area contributed by atoms with Crippen LogP contribution in [0.25, 0.3) is 11.5 Å². The Bertz CT molecular complexity index is 521. The van der Waals surface area contributed by atoms with Gasteiger partial charge < -0.3 is 14.3 Å². The third kappa shape index (κ3) is 2.95. The van der Waals surface area contributed by atoms with Crippen molar-refractivity contribution in [2.45, 2.75) is 19.6 Å². The van der Waals surface area contributed by atoms with Crippen molar-refractivity contribution in [3.8, 4) is 11.5 Å². The smallest absolute Gasteiger partial charge is 0.332 e. The standard InChI is InChI=1S/C13H13NO4/c1-9(13(15)16)17-7-11-8-18-12(14-11)10-5-3-2-4-6-10/h2-6,8-9H,7H2,1H3,(H,15,16)/t9-/m0/s1. The molecule has 2 aromatic rings. The topological polar surface area (TPSA) is 72.6 Å². The Kier molecular flexibility index (Phi) is 3.74. The summed E-state index contributed by atoms with van der Waals surface area (Å²) in [5, 5.41) is 8.67. The number of aromatic nitrogens is 1. The van der Waals surface area contributed by atoms with Gasteiger partial charge in [-0.25, -0.2) is 9.78 Å². The van der Waals surface area contributed by atoms with E-state index in [2.05, 4.69) is 4.98 Å². The highest BCUT2D eigenvalue weighted by atomic mass is 16.5. The quantitative estimate of drug-likeness (QED) is 0.877. The first kappa shape index (κ1) is 12.3. The first-order valence-electron chi connectivity index (χ1n) is 5.51.